The SMILES string of the molecule is OCc1cncn1C1COc2ccccc2OC1. The van der Waals surface area contributed by atoms with Crippen LogP contribution in [0.3, 0.4) is 0 Å². The smallest absolute Gasteiger partial charge is 0.161 e. The van der Waals surface area contributed by atoms with E-state index >= 15 is 0 Å². The summed E-state index contributed by atoms with van der Waals surface area (Å²) in [5.41, 5.74) is 0.762. The lowest BCUT2D eigenvalue weighted by Gasteiger charge is -2.17. The predicted molar refractivity (Wildman–Crippen MR) is 64.6 cm³/mol. The van der Waals surface area contributed by atoms with Crippen molar-refractivity contribution in [2.45, 2.75) is 12.6 Å². The highest BCUT2D eigenvalue weighted by Crippen LogP contribution is 2.30. The maximum absolute atomic E-state index is 9.24. The molecule has 0 amide bonds. The van der Waals surface area contributed by atoms with Crippen LogP contribution in [0.1, 0.15) is 11.7 Å². The first-order chi connectivity index (χ1) is 8.88. The summed E-state index contributed by atoms with van der Waals surface area (Å²) in [7, 11) is 0. The number of nitrogens with zero attached hydrogens (tertiary/aromatic N) is 2. The topological polar surface area (TPSA) is 56.5 Å². The highest BCUT2D eigenvalue weighted by atomic mass is 16.5. The summed E-state index contributed by atoms with van der Waals surface area (Å²) < 4.78 is 13.4. The van der Waals surface area contributed by atoms with Gasteiger partial charge in [0.2, 0.25) is 0 Å². The van der Waals surface area contributed by atoms with Gasteiger partial charge in [0.05, 0.1) is 24.8 Å². The standard InChI is InChI=1S/C13H14N2O3/c16-6-10-5-14-9-15(10)11-7-17-12-3-1-2-4-13(12)18-8-11/h1-5,9,11,16H,6-8H2. The van der Waals surface area contributed by atoms with Gasteiger partial charge in [-0.3, -0.25) is 0 Å². The predicted octanol–water partition coefficient (Wildman–Crippen LogP) is 1.39. The minimum Gasteiger partial charge on any atom is -0.487 e. The van der Waals surface area contributed by atoms with E-state index < -0.39 is 0 Å². The Morgan fingerprint density at radius 1 is 1.22 bits per heavy atom. The molecule has 18 heavy (non-hydrogen) atoms. The van der Waals surface area contributed by atoms with Crippen LogP contribution in [-0.4, -0.2) is 27.9 Å². The summed E-state index contributed by atoms with van der Waals surface area (Å²) in [5.74, 6) is 1.51. The molecule has 0 spiro atoms. The zero-order valence-electron chi connectivity index (χ0n) is 9.82. The van der Waals surface area contributed by atoms with Crippen molar-refractivity contribution in [3.63, 3.8) is 0 Å². The van der Waals surface area contributed by atoms with Crippen LogP contribution in [0.4, 0.5) is 0 Å². The van der Waals surface area contributed by atoms with E-state index in [-0.39, 0.29) is 12.6 Å². The second-order valence-corrected chi connectivity index (χ2v) is 4.17. The molecule has 0 saturated carbocycles. The second-order valence-electron chi connectivity index (χ2n) is 4.17. The van der Waals surface area contributed by atoms with Crippen molar-refractivity contribution in [3.8, 4) is 11.5 Å². The van der Waals surface area contributed by atoms with E-state index in [4.69, 9.17) is 9.47 Å². The lowest BCUT2D eigenvalue weighted by atomic mass is 10.3. The molecule has 2 heterocycles. The van der Waals surface area contributed by atoms with Gasteiger partial charge in [0.1, 0.15) is 19.3 Å². The highest BCUT2D eigenvalue weighted by molar-refractivity contribution is 5.39. The molecule has 1 N–H and O–H groups in total. The molecule has 0 radical (unpaired) electrons. The maximum atomic E-state index is 9.24. The minimum absolute atomic E-state index is 0.0158. The van der Waals surface area contributed by atoms with Crippen molar-refractivity contribution < 1.29 is 14.6 Å². The van der Waals surface area contributed by atoms with Crippen LogP contribution in [0.2, 0.25) is 0 Å². The third kappa shape index (κ3) is 1.93. The summed E-state index contributed by atoms with van der Waals surface area (Å²) in [5, 5.41) is 9.24. The van der Waals surface area contributed by atoms with Crippen LogP contribution in [0, 0.1) is 0 Å². The Hall–Kier alpha value is -2.01. The molecule has 1 aromatic carbocycles. The number of aliphatic hydroxyl groups is 1. The van der Waals surface area contributed by atoms with E-state index in [1.807, 2.05) is 28.8 Å². The lowest BCUT2D eigenvalue weighted by Crippen LogP contribution is -2.22. The first-order valence-electron chi connectivity index (χ1n) is 5.84. The second kappa shape index (κ2) is 4.70. The molecule has 3 rings (SSSR count). The fourth-order valence-corrected chi connectivity index (χ4v) is 2.05. The number of rotatable bonds is 2. The zero-order chi connectivity index (χ0) is 12.4. The van der Waals surface area contributed by atoms with Crippen LogP contribution in [0.25, 0.3) is 0 Å². The molecule has 5 nitrogen and oxygen atoms in total. The van der Waals surface area contributed by atoms with Gasteiger partial charge in [-0.25, -0.2) is 4.98 Å². The Balaban J connectivity index is 1.83. The van der Waals surface area contributed by atoms with Crippen molar-refractivity contribution in [1.82, 2.24) is 9.55 Å². The average Bonchev–Trinajstić information content (AvgIpc) is 2.78. The number of benzene rings is 1. The van der Waals surface area contributed by atoms with Crippen molar-refractivity contribution >= 4 is 0 Å². The number of fused-ring (bicyclic) bond motifs is 1. The number of ether oxygens (including phenoxy) is 2. The van der Waals surface area contributed by atoms with Crippen molar-refractivity contribution in [2.24, 2.45) is 0 Å². The molecule has 2 aromatic rings. The average molecular weight is 246 g/mol. The van der Waals surface area contributed by atoms with Crippen LogP contribution < -0.4 is 9.47 Å². The van der Waals surface area contributed by atoms with E-state index in [1.54, 1.807) is 12.5 Å². The van der Waals surface area contributed by atoms with Gasteiger partial charge in [0.25, 0.3) is 0 Å². The molecule has 1 aliphatic heterocycles. The molecule has 1 aliphatic rings. The number of aliphatic hydroxyl groups excluding tert-OH is 1. The van der Waals surface area contributed by atoms with Crippen LogP contribution >= 0.6 is 0 Å². The first-order valence-corrected chi connectivity index (χ1v) is 5.84. The van der Waals surface area contributed by atoms with Crippen molar-refractivity contribution in [1.29, 1.82) is 0 Å². The zero-order valence-corrected chi connectivity index (χ0v) is 9.82. The van der Waals surface area contributed by atoms with Gasteiger partial charge in [-0.15, -0.1) is 0 Å². The summed E-state index contributed by atoms with van der Waals surface area (Å²) in [6.45, 7) is 0.962. The van der Waals surface area contributed by atoms with Gasteiger partial charge < -0.3 is 19.1 Å². The van der Waals surface area contributed by atoms with Crippen molar-refractivity contribution in [2.75, 3.05) is 13.2 Å². The molecular weight excluding hydrogens is 232 g/mol. The first kappa shape index (κ1) is 11.1. The van der Waals surface area contributed by atoms with E-state index in [0.29, 0.717) is 13.2 Å². The third-order valence-electron chi connectivity index (χ3n) is 3.01. The molecule has 1 aromatic heterocycles. The lowest BCUT2D eigenvalue weighted by molar-refractivity contribution is 0.202. The highest BCUT2D eigenvalue weighted by Gasteiger charge is 2.20. The molecular formula is C13H14N2O3. The molecule has 0 aliphatic carbocycles. The van der Waals surface area contributed by atoms with E-state index in [9.17, 15) is 5.11 Å². The number of para-hydroxylation sites is 2. The number of imidazole rings is 1. The van der Waals surface area contributed by atoms with Crippen molar-refractivity contribution in [3.05, 3.63) is 42.5 Å². The van der Waals surface area contributed by atoms with E-state index in [2.05, 4.69) is 4.98 Å². The summed E-state index contributed by atoms with van der Waals surface area (Å²) >= 11 is 0. The fourth-order valence-electron chi connectivity index (χ4n) is 2.05. The number of hydrogen-bond acceptors (Lipinski definition) is 4. The molecule has 0 bridgehead atoms. The van der Waals surface area contributed by atoms with Gasteiger partial charge in [-0.1, -0.05) is 12.1 Å². The third-order valence-corrected chi connectivity index (χ3v) is 3.01. The van der Waals surface area contributed by atoms with Gasteiger partial charge in [-0.05, 0) is 12.1 Å². The molecule has 0 fully saturated rings. The monoisotopic (exact) mass is 246 g/mol. The van der Waals surface area contributed by atoms with Gasteiger partial charge >= 0.3 is 0 Å². The largest absolute Gasteiger partial charge is 0.487 e. The number of aromatic nitrogens is 2. The van der Waals surface area contributed by atoms with Gasteiger partial charge in [0, 0.05) is 0 Å². The molecule has 5 heteroatoms. The number of hydrogen-bond donors (Lipinski definition) is 1. The minimum atomic E-state index is -0.0382. The Bertz CT molecular complexity index is 512. The molecule has 0 atom stereocenters. The van der Waals surface area contributed by atoms with Gasteiger partial charge in [0.15, 0.2) is 11.5 Å². The van der Waals surface area contributed by atoms with Crippen LogP contribution in [0.5, 0.6) is 11.5 Å². The summed E-state index contributed by atoms with van der Waals surface area (Å²) in [6, 6.07) is 7.62. The Morgan fingerprint density at radius 2 is 1.89 bits per heavy atom. The van der Waals surface area contributed by atoms with Gasteiger partial charge in [-0.2, -0.15) is 0 Å². The molecule has 0 unspecified atom stereocenters. The molecule has 94 valence electrons. The Labute approximate surface area is 105 Å². The normalized spacial score (nSPS) is 15.4. The summed E-state index contributed by atoms with van der Waals surface area (Å²) in [4.78, 5) is 4.04. The maximum Gasteiger partial charge on any atom is 0.161 e. The quantitative estimate of drug-likeness (QED) is 0.870. The van der Waals surface area contributed by atoms with Crippen LogP contribution in [-0.2, 0) is 6.61 Å². The van der Waals surface area contributed by atoms with E-state index in [0.717, 1.165) is 17.2 Å². The Morgan fingerprint density at radius 3 is 2.50 bits per heavy atom. The van der Waals surface area contributed by atoms with Crippen LogP contribution in [0.15, 0.2) is 36.8 Å². The Kier molecular flexibility index (Phi) is 2.90. The van der Waals surface area contributed by atoms with E-state index in [1.165, 1.54) is 0 Å². The fraction of sp³-hybridized carbons (Fsp3) is 0.308. The summed E-state index contributed by atoms with van der Waals surface area (Å²) in [6.07, 6.45) is 3.34. The molecule has 0 saturated heterocycles.